The third-order valence-electron chi connectivity index (χ3n) is 10.1. The quantitative estimate of drug-likeness (QED) is 0.144. The van der Waals surface area contributed by atoms with Crippen LogP contribution in [0.2, 0.25) is 0 Å². The van der Waals surface area contributed by atoms with E-state index in [0.29, 0.717) is 0 Å². The van der Waals surface area contributed by atoms with Crippen molar-refractivity contribution in [2.45, 2.75) is 59.3 Å². The Morgan fingerprint density at radius 3 is 1.91 bits per heavy atom. The molecular weight excluding hydrogens is 573 g/mol. The van der Waals surface area contributed by atoms with Crippen molar-refractivity contribution in [2.75, 3.05) is 0 Å². The maximum Gasteiger partial charge on any atom is 0.260 e. The number of pyridine rings is 1. The van der Waals surface area contributed by atoms with Gasteiger partial charge in [0, 0.05) is 28.5 Å². The number of hydrogen-bond acceptors (Lipinski definition) is 2. The molecule has 0 saturated heterocycles. The van der Waals surface area contributed by atoms with E-state index in [4.69, 9.17) is 9.47 Å². The number of aromatic nitrogens is 1. The highest BCUT2D eigenvalue weighted by Gasteiger charge is 2.42. The highest BCUT2D eigenvalue weighted by Crippen LogP contribution is 2.42. The first-order valence-corrected chi connectivity index (χ1v) is 16.7. The summed E-state index contributed by atoms with van der Waals surface area (Å²) in [5.41, 5.74) is 12.2. The van der Waals surface area contributed by atoms with Gasteiger partial charge >= 0.3 is 0 Å². The van der Waals surface area contributed by atoms with Crippen LogP contribution in [0, 0.1) is 6.92 Å². The summed E-state index contributed by atoms with van der Waals surface area (Å²) in [6.07, 6.45) is 2.10. The fourth-order valence-electron chi connectivity index (χ4n) is 7.27. The standard InChI is InChI=1S/C43H41BNO2/c1-26-12-13-28(22-33(26)36-11-9-10-20-45(36)8)27-14-17-32-29(21-27)23-39-40-41(32)47-38-19-16-31(43(5,6)7)25-35(38)44(40)34-24-30(42(2,3)4)15-18-37(34)46-39/h9-25H,1-8H3/q+1. The molecular formula is C43H41BNO2+. The lowest BCUT2D eigenvalue weighted by Crippen LogP contribution is -2.57. The van der Waals surface area contributed by atoms with E-state index in [9.17, 15) is 0 Å². The molecule has 0 spiro atoms. The summed E-state index contributed by atoms with van der Waals surface area (Å²) in [6, 6.07) is 35.6. The summed E-state index contributed by atoms with van der Waals surface area (Å²) >= 11 is 0. The molecule has 232 valence electrons. The molecule has 0 amide bonds. The minimum Gasteiger partial charge on any atom is -0.458 e. The van der Waals surface area contributed by atoms with Crippen molar-refractivity contribution in [1.29, 1.82) is 0 Å². The topological polar surface area (TPSA) is 22.3 Å². The molecule has 1 aromatic heterocycles. The van der Waals surface area contributed by atoms with Crippen LogP contribution in [0.4, 0.5) is 0 Å². The maximum atomic E-state index is 6.89. The molecule has 0 bridgehead atoms. The van der Waals surface area contributed by atoms with E-state index in [1.165, 1.54) is 44.4 Å². The van der Waals surface area contributed by atoms with Crippen LogP contribution in [-0.4, -0.2) is 6.71 Å². The Kier molecular flexibility index (Phi) is 6.50. The van der Waals surface area contributed by atoms with E-state index in [1.54, 1.807) is 0 Å². The maximum absolute atomic E-state index is 6.89. The smallest absolute Gasteiger partial charge is 0.260 e. The lowest BCUT2D eigenvalue weighted by molar-refractivity contribution is -0.660. The fraction of sp³-hybridized carbons (Fsp3) is 0.233. The predicted octanol–water partition coefficient (Wildman–Crippen LogP) is 8.63. The number of aryl methyl sites for hydroxylation is 2. The average Bonchev–Trinajstić information content (AvgIpc) is 3.03. The normalized spacial score (nSPS) is 13.4. The molecule has 0 aliphatic carbocycles. The van der Waals surface area contributed by atoms with Crippen LogP contribution in [0.1, 0.15) is 58.2 Å². The van der Waals surface area contributed by atoms with Gasteiger partial charge in [-0.2, -0.15) is 0 Å². The average molecular weight is 615 g/mol. The van der Waals surface area contributed by atoms with Crippen LogP contribution in [0.5, 0.6) is 23.0 Å². The largest absolute Gasteiger partial charge is 0.458 e. The van der Waals surface area contributed by atoms with Crippen LogP contribution in [0.15, 0.2) is 103 Å². The second-order valence-electron chi connectivity index (χ2n) is 15.4. The van der Waals surface area contributed by atoms with E-state index >= 15 is 0 Å². The molecule has 0 unspecified atom stereocenters. The molecule has 3 nitrogen and oxygen atoms in total. The van der Waals surface area contributed by atoms with Crippen molar-refractivity contribution < 1.29 is 14.0 Å². The molecule has 0 N–H and O–H groups in total. The van der Waals surface area contributed by atoms with Crippen molar-refractivity contribution >= 4 is 33.9 Å². The third kappa shape index (κ3) is 4.85. The van der Waals surface area contributed by atoms with Crippen molar-refractivity contribution in [3.63, 3.8) is 0 Å². The number of rotatable bonds is 2. The van der Waals surface area contributed by atoms with E-state index < -0.39 is 0 Å². The Balaban J connectivity index is 1.32. The Hall–Kier alpha value is -4.83. The second-order valence-corrected chi connectivity index (χ2v) is 15.4. The highest BCUT2D eigenvalue weighted by molar-refractivity contribution is 6.98. The molecule has 0 radical (unpaired) electrons. The van der Waals surface area contributed by atoms with Gasteiger partial charge in [0.25, 0.3) is 6.71 Å². The fourth-order valence-corrected chi connectivity index (χ4v) is 7.27. The number of hydrogen-bond donors (Lipinski definition) is 0. The van der Waals surface area contributed by atoms with Gasteiger partial charge in [-0.3, -0.25) is 0 Å². The van der Waals surface area contributed by atoms with Crippen LogP contribution >= 0.6 is 0 Å². The molecule has 0 fully saturated rings. The van der Waals surface area contributed by atoms with Crippen LogP contribution in [0.3, 0.4) is 0 Å². The van der Waals surface area contributed by atoms with Gasteiger partial charge in [0.05, 0.1) is 0 Å². The summed E-state index contributed by atoms with van der Waals surface area (Å²) in [4.78, 5) is 0. The molecule has 3 heterocycles. The van der Waals surface area contributed by atoms with Gasteiger partial charge in [-0.25, -0.2) is 4.57 Å². The van der Waals surface area contributed by atoms with Gasteiger partial charge in [0.15, 0.2) is 6.20 Å². The van der Waals surface area contributed by atoms with E-state index in [0.717, 1.165) is 44.8 Å². The molecule has 0 saturated carbocycles. The molecule has 6 aromatic rings. The first kappa shape index (κ1) is 29.6. The van der Waals surface area contributed by atoms with Crippen molar-refractivity contribution in [2.24, 2.45) is 7.05 Å². The van der Waals surface area contributed by atoms with Crippen LogP contribution < -0.4 is 30.4 Å². The zero-order valence-corrected chi connectivity index (χ0v) is 28.7. The van der Waals surface area contributed by atoms with Crippen molar-refractivity contribution in [3.8, 4) is 45.4 Å². The third-order valence-corrected chi connectivity index (χ3v) is 10.1. The first-order chi connectivity index (χ1) is 22.4. The summed E-state index contributed by atoms with van der Waals surface area (Å²) in [7, 11) is 2.10. The van der Waals surface area contributed by atoms with Gasteiger partial charge < -0.3 is 9.47 Å². The number of ether oxygens (including phenoxy) is 2. The molecule has 2 aliphatic rings. The molecule has 5 aromatic carbocycles. The van der Waals surface area contributed by atoms with Gasteiger partial charge in [-0.05, 0) is 98.3 Å². The summed E-state index contributed by atoms with van der Waals surface area (Å²) in [5.74, 6) is 3.62. The Morgan fingerprint density at radius 1 is 0.617 bits per heavy atom. The monoisotopic (exact) mass is 614 g/mol. The minimum absolute atomic E-state index is 0.0208. The van der Waals surface area contributed by atoms with Gasteiger partial charge in [-0.1, -0.05) is 90.1 Å². The summed E-state index contributed by atoms with van der Waals surface area (Å²) < 4.78 is 15.8. The lowest BCUT2D eigenvalue weighted by Gasteiger charge is -2.35. The molecule has 8 rings (SSSR count). The summed E-state index contributed by atoms with van der Waals surface area (Å²) in [6.45, 7) is 15.8. The molecule has 4 heteroatoms. The lowest BCUT2D eigenvalue weighted by atomic mass is 9.34. The Morgan fingerprint density at radius 2 is 1.26 bits per heavy atom. The predicted molar refractivity (Wildman–Crippen MR) is 196 cm³/mol. The van der Waals surface area contributed by atoms with Crippen molar-refractivity contribution in [1.82, 2.24) is 0 Å². The Labute approximate surface area is 278 Å². The molecule has 0 atom stereocenters. The number of fused-ring (bicyclic) bond motifs is 6. The van der Waals surface area contributed by atoms with Gasteiger partial charge in [0.2, 0.25) is 5.69 Å². The van der Waals surface area contributed by atoms with Crippen LogP contribution in [-0.2, 0) is 17.9 Å². The Bertz CT molecular complexity index is 2230. The highest BCUT2D eigenvalue weighted by atomic mass is 16.5. The first-order valence-electron chi connectivity index (χ1n) is 16.7. The van der Waals surface area contributed by atoms with Gasteiger partial charge in [0.1, 0.15) is 30.0 Å². The minimum atomic E-state index is 0.0208. The second kappa shape index (κ2) is 10.3. The van der Waals surface area contributed by atoms with Crippen LogP contribution in [0.25, 0.3) is 33.2 Å². The molecule has 2 aliphatic heterocycles. The van der Waals surface area contributed by atoms with E-state index in [1.807, 2.05) is 0 Å². The summed E-state index contributed by atoms with van der Waals surface area (Å²) in [5, 5.41) is 2.20. The van der Waals surface area contributed by atoms with Crippen molar-refractivity contribution in [3.05, 3.63) is 120 Å². The number of nitrogens with zero attached hydrogens (tertiary/aromatic N) is 1. The SMILES string of the molecule is Cc1ccc(-c2ccc3c4c5c(cc3c2)Oc2ccc(C(C)(C)C)cc2B5c2cc(C(C)(C)C)ccc2O4)cc1-c1cccc[n+]1C. The van der Waals surface area contributed by atoms with E-state index in [-0.39, 0.29) is 17.5 Å². The zero-order valence-electron chi connectivity index (χ0n) is 28.7. The molecule has 47 heavy (non-hydrogen) atoms. The van der Waals surface area contributed by atoms with Gasteiger partial charge in [-0.15, -0.1) is 0 Å². The zero-order chi connectivity index (χ0) is 32.8. The number of benzene rings is 5. The van der Waals surface area contributed by atoms with E-state index in [2.05, 4.69) is 163 Å².